The fourth-order valence-corrected chi connectivity index (χ4v) is 2.90. The molecule has 1 N–H and O–H groups in total. The summed E-state index contributed by atoms with van der Waals surface area (Å²) in [5.41, 5.74) is 3.51. The predicted molar refractivity (Wildman–Crippen MR) is 91.7 cm³/mol. The van der Waals surface area contributed by atoms with E-state index in [-0.39, 0.29) is 5.91 Å². The Hall–Kier alpha value is -2.26. The molecule has 22 heavy (non-hydrogen) atoms. The van der Waals surface area contributed by atoms with Gasteiger partial charge in [-0.05, 0) is 36.2 Å². The average Bonchev–Trinajstić information content (AvgIpc) is 2.87. The van der Waals surface area contributed by atoms with Crippen LogP contribution in [0, 0.1) is 0 Å². The van der Waals surface area contributed by atoms with Crippen molar-refractivity contribution in [3.8, 4) is 0 Å². The molecule has 2 aromatic carbocycles. The first kappa shape index (κ1) is 14.7. The number of carbonyl (C=O) groups is 1. The molecule has 0 spiro atoms. The minimum absolute atomic E-state index is 0.129. The molecule has 0 fully saturated rings. The van der Waals surface area contributed by atoms with Crippen LogP contribution >= 0.6 is 11.6 Å². The summed E-state index contributed by atoms with van der Waals surface area (Å²) >= 11 is 6.21. The fourth-order valence-electron chi connectivity index (χ4n) is 2.68. The molecule has 0 radical (unpaired) electrons. The molecular weight excluding hydrogens is 296 g/mol. The lowest BCUT2D eigenvalue weighted by Crippen LogP contribution is -2.16. The molecule has 0 unspecified atom stereocenters. The van der Waals surface area contributed by atoms with E-state index in [1.165, 1.54) is 0 Å². The maximum absolute atomic E-state index is 12.6. The van der Waals surface area contributed by atoms with Crippen LogP contribution in [0.25, 0.3) is 10.9 Å². The van der Waals surface area contributed by atoms with Gasteiger partial charge in [-0.2, -0.15) is 0 Å². The van der Waals surface area contributed by atoms with Crippen LogP contribution in [0.3, 0.4) is 0 Å². The molecule has 3 rings (SSSR count). The fraction of sp³-hybridized carbons (Fsp3) is 0.167. The van der Waals surface area contributed by atoms with Crippen LogP contribution in [0.2, 0.25) is 5.02 Å². The third-order valence-electron chi connectivity index (χ3n) is 3.91. The van der Waals surface area contributed by atoms with Gasteiger partial charge in [0.05, 0.1) is 0 Å². The van der Waals surface area contributed by atoms with Gasteiger partial charge in [0.1, 0.15) is 5.69 Å². The highest BCUT2D eigenvalue weighted by molar-refractivity contribution is 6.35. The Morgan fingerprint density at radius 3 is 2.68 bits per heavy atom. The van der Waals surface area contributed by atoms with Crippen molar-refractivity contribution in [2.75, 3.05) is 5.32 Å². The molecule has 0 saturated heterocycles. The minimum atomic E-state index is -0.129. The number of fused-ring (bicyclic) bond motifs is 1. The standard InChI is InChI=1S/C18H17ClN2O/c1-3-12-7-4-5-9-15(12)20-18(22)17-11-13-14(19)8-6-10-16(13)21(17)2/h4-11H,3H2,1-2H3,(H,20,22). The summed E-state index contributed by atoms with van der Waals surface area (Å²) in [6.45, 7) is 2.07. The minimum Gasteiger partial charge on any atom is -0.340 e. The highest BCUT2D eigenvalue weighted by Crippen LogP contribution is 2.27. The van der Waals surface area contributed by atoms with Gasteiger partial charge in [0.15, 0.2) is 0 Å². The second kappa shape index (κ2) is 5.85. The monoisotopic (exact) mass is 312 g/mol. The van der Waals surface area contributed by atoms with Crippen molar-refractivity contribution < 1.29 is 4.79 Å². The SMILES string of the molecule is CCc1ccccc1NC(=O)c1cc2c(Cl)cccc2n1C. The van der Waals surface area contributed by atoms with Crippen molar-refractivity contribution in [1.82, 2.24) is 4.57 Å². The van der Waals surface area contributed by atoms with Crippen LogP contribution in [-0.4, -0.2) is 10.5 Å². The number of hydrogen-bond acceptors (Lipinski definition) is 1. The zero-order valence-corrected chi connectivity index (χ0v) is 13.3. The van der Waals surface area contributed by atoms with E-state index < -0.39 is 0 Å². The molecule has 0 aliphatic heterocycles. The van der Waals surface area contributed by atoms with E-state index in [1.54, 1.807) is 0 Å². The van der Waals surface area contributed by atoms with Crippen molar-refractivity contribution in [1.29, 1.82) is 0 Å². The van der Waals surface area contributed by atoms with Crippen molar-refractivity contribution in [3.05, 3.63) is 64.8 Å². The first-order chi connectivity index (χ1) is 10.6. The Bertz CT molecular complexity index is 851. The summed E-state index contributed by atoms with van der Waals surface area (Å²) < 4.78 is 1.87. The van der Waals surface area contributed by atoms with Gasteiger partial charge in [-0.1, -0.05) is 42.8 Å². The van der Waals surface area contributed by atoms with Crippen molar-refractivity contribution in [2.24, 2.45) is 7.05 Å². The summed E-state index contributed by atoms with van der Waals surface area (Å²) in [6, 6.07) is 15.4. The number of para-hydroxylation sites is 1. The number of carbonyl (C=O) groups excluding carboxylic acids is 1. The highest BCUT2D eigenvalue weighted by Gasteiger charge is 2.15. The second-order valence-corrected chi connectivity index (χ2v) is 5.63. The van der Waals surface area contributed by atoms with E-state index in [1.807, 2.05) is 60.1 Å². The molecule has 4 heteroatoms. The zero-order chi connectivity index (χ0) is 15.7. The summed E-state index contributed by atoms with van der Waals surface area (Å²) in [6.07, 6.45) is 0.872. The Morgan fingerprint density at radius 2 is 1.95 bits per heavy atom. The van der Waals surface area contributed by atoms with Crippen LogP contribution in [0.4, 0.5) is 5.69 Å². The maximum Gasteiger partial charge on any atom is 0.272 e. The molecular formula is C18H17ClN2O. The molecule has 0 aliphatic carbocycles. The number of nitrogens with one attached hydrogen (secondary N) is 1. The number of halogens is 1. The van der Waals surface area contributed by atoms with Gasteiger partial charge >= 0.3 is 0 Å². The van der Waals surface area contributed by atoms with E-state index in [0.29, 0.717) is 10.7 Å². The topological polar surface area (TPSA) is 34.0 Å². The summed E-state index contributed by atoms with van der Waals surface area (Å²) in [7, 11) is 1.87. The lowest BCUT2D eigenvalue weighted by atomic mass is 10.1. The maximum atomic E-state index is 12.6. The van der Waals surface area contributed by atoms with Crippen molar-refractivity contribution in [2.45, 2.75) is 13.3 Å². The Labute approximate surface area is 134 Å². The number of hydrogen-bond donors (Lipinski definition) is 1. The molecule has 0 atom stereocenters. The van der Waals surface area contributed by atoms with Gasteiger partial charge in [-0.3, -0.25) is 4.79 Å². The van der Waals surface area contributed by atoms with E-state index in [0.717, 1.165) is 28.6 Å². The van der Waals surface area contributed by atoms with E-state index in [2.05, 4.69) is 12.2 Å². The third kappa shape index (κ3) is 2.48. The van der Waals surface area contributed by atoms with Gasteiger partial charge in [0.2, 0.25) is 0 Å². The first-order valence-corrected chi connectivity index (χ1v) is 7.62. The van der Waals surface area contributed by atoms with Gasteiger partial charge in [0.25, 0.3) is 5.91 Å². The van der Waals surface area contributed by atoms with Gasteiger partial charge < -0.3 is 9.88 Å². The van der Waals surface area contributed by atoms with Crippen LogP contribution in [-0.2, 0) is 13.5 Å². The zero-order valence-electron chi connectivity index (χ0n) is 12.6. The quantitative estimate of drug-likeness (QED) is 0.750. The molecule has 0 aliphatic rings. The largest absolute Gasteiger partial charge is 0.340 e. The number of aryl methyl sites for hydroxylation is 2. The van der Waals surface area contributed by atoms with Crippen LogP contribution in [0.5, 0.6) is 0 Å². The second-order valence-electron chi connectivity index (χ2n) is 5.23. The summed E-state index contributed by atoms with van der Waals surface area (Å²) in [5.74, 6) is -0.129. The van der Waals surface area contributed by atoms with Gasteiger partial charge in [-0.25, -0.2) is 0 Å². The Morgan fingerprint density at radius 1 is 1.18 bits per heavy atom. The molecule has 3 aromatic rings. The van der Waals surface area contributed by atoms with E-state index in [4.69, 9.17) is 11.6 Å². The van der Waals surface area contributed by atoms with Crippen LogP contribution in [0.15, 0.2) is 48.5 Å². The molecule has 0 bridgehead atoms. The smallest absolute Gasteiger partial charge is 0.272 e. The lowest BCUT2D eigenvalue weighted by Gasteiger charge is -2.10. The van der Waals surface area contributed by atoms with E-state index in [9.17, 15) is 4.79 Å². The summed E-state index contributed by atoms with van der Waals surface area (Å²) in [5, 5.41) is 4.54. The Balaban J connectivity index is 1.99. The first-order valence-electron chi connectivity index (χ1n) is 7.25. The number of anilines is 1. The number of aromatic nitrogens is 1. The van der Waals surface area contributed by atoms with Crippen LogP contribution in [0.1, 0.15) is 23.0 Å². The molecule has 1 aromatic heterocycles. The number of rotatable bonds is 3. The normalized spacial score (nSPS) is 10.9. The predicted octanol–water partition coefficient (Wildman–Crippen LogP) is 4.65. The molecule has 1 heterocycles. The van der Waals surface area contributed by atoms with Crippen molar-refractivity contribution in [3.63, 3.8) is 0 Å². The third-order valence-corrected chi connectivity index (χ3v) is 4.24. The molecule has 112 valence electrons. The molecule has 1 amide bonds. The van der Waals surface area contributed by atoms with Crippen molar-refractivity contribution >= 4 is 34.1 Å². The van der Waals surface area contributed by atoms with E-state index >= 15 is 0 Å². The number of benzene rings is 2. The summed E-state index contributed by atoms with van der Waals surface area (Å²) in [4.78, 5) is 12.6. The average molecular weight is 313 g/mol. The highest BCUT2D eigenvalue weighted by atomic mass is 35.5. The molecule has 0 saturated carbocycles. The Kier molecular flexibility index (Phi) is 3.90. The molecule has 3 nitrogen and oxygen atoms in total. The lowest BCUT2D eigenvalue weighted by molar-refractivity contribution is 0.101. The van der Waals surface area contributed by atoms with Crippen LogP contribution < -0.4 is 5.32 Å². The van der Waals surface area contributed by atoms with Gasteiger partial charge in [0, 0.05) is 28.7 Å². The number of nitrogens with zero attached hydrogens (tertiary/aromatic N) is 1. The number of amides is 1. The van der Waals surface area contributed by atoms with Gasteiger partial charge in [-0.15, -0.1) is 0 Å².